The van der Waals surface area contributed by atoms with Crippen molar-refractivity contribution >= 4 is 21.9 Å². The van der Waals surface area contributed by atoms with Gasteiger partial charge in [0.25, 0.3) is 0 Å². The molecule has 88 valence electrons. The molecule has 1 aliphatic heterocycles. The van der Waals surface area contributed by atoms with Crippen LogP contribution in [0.5, 0.6) is 0 Å². The van der Waals surface area contributed by atoms with E-state index in [9.17, 15) is 4.39 Å². The molecule has 0 spiro atoms. The van der Waals surface area contributed by atoms with Crippen molar-refractivity contribution in [2.24, 2.45) is 0 Å². The molecule has 2 unspecified atom stereocenters. The van der Waals surface area contributed by atoms with Gasteiger partial charge in [-0.3, -0.25) is 0 Å². The lowest BCUT2D eigenvalue weighted by Crippen LogP contribution is -2.48. The minimum absolute atomic E-state index is 0.123. The molecule has 16 heavy (non-hydrogen) atoms. The number of halogens is 2. The fourth-order valence-corrected chi connectivity index (χ4v) is 2.12. The molecule has 2 heterocycles. The summed E-state index contributed by atoms with van der Waals surface area (Å²) in [6, 6.07) is 0. The monoisotopic (exact) mass is 289 g/mol. The highest BCUT2D eigenvalue weighted by atomic mass is 79.9. The molecule has 0 N–H and O–H groups in total. The maximum absolute atomic E-state index is 12.7. The molecule has 0 aliphatic carbocycles. The Morgan fingerprint density at radius 3 is 2.81 bits per heavy atom. The van der Waals surface area contributed by atoms with Gasteiger partial charge in [-0.05, 0) is 6.92 Å². The number of nitrogens with zero attached hydrogens (tertiary/aromatic N) is 3. The first-order valence-corrected chi connectivity index (χ1v) is 6.25. The Morgan fingerprint density at radius 1 is 1.50 bits per heavy atom. The number of alkyl halides is 1. The summed E-state index contributed by atoms with van der Waals surface area (Å²) >= 11 is 3.40. The second kappa shape index (κ2) is 5.05. The molecule has 2 atom stereocenters. The smallest absolute Gasteiger partial charge is 0.225 e. The maximum Gasteiger partial charge on any atom is 0.225 e. The standard InChI is InChI=1S/C10H13BrFN3O/c1-7-5-15(6-9(2-11)16-7)10-13-3-8(12)4-14-10/h3-4,7,9H,2,5-6H2,1H3. The Hall–Kier alpha value is -0.750. The van der Waals surface area contributed by atoms with Crippen molar-refractivity contribution in [3.05, 3.63) is 18.2 Å². The van der Waals surface area contributed by atoms with E-state index >= 15 is 0 Å². The van der Waals surface area contributed by atoms with E-state index in [4.69, 9.17) is 4.74 Å². The molecule has 0 saturated carbocycles. The van der Waals surface area contributed by atoms with Crippen LogP contribution < -0.4 is 4.90 Å². The van der Waals surface area contributed by atoms with Crippen LogP contribution in [0.4, 0.5) is 10.3 Å². The summed E-state index contributed by atoms with van der Waals surface area (Å²) in [6.07, 6.45) is 2.62. The Bertz CT molecular complexity index is 348. The van der Waals surface area contributed by atoms with E-state index in [1.54, 1.807) is 0 Å². The third-order valence-corrected chi connectivity index (χ3v) is 3.11. The molecular formula is C10H13BrFN3O. The zero-order valence-electron chi connectivity index (χ0n) is 8.94. The summed E-state index contributed by atoms with van der Waals surface area (Å²) in [4.78, 5) is 9.96. The van der Waals surface area contributed by atoms with Crippen LogP contribution >= 0.6 is 15.9 Å². The summed E-state index contributed by atoms with van der Waals surface area (Å²) in [5.74, 6) is 0.143. The van der Waals surface area contributed by atoms with Crippen LogP contribution in [0.2, 0.25) is 0 Å². The highest BCUT2D eigenvalue weighted by Gasteiger charge is 2.25. The lowest BCUT2D eigenvalue weighted by Gasteiger charge is -2.36. The van der Waals surface area contributed by atoms with Gasteiger partial charge in [-0.15, -0.1) is 0 Å². The van der Waals surface area contributed by atoms with E-state index in [-0.39, 0.29) is 12.2 Å². The van der Waals surface area contributed by atoms with Crippen LogP contribution in [0.25, 0.3) is 0 Å². The largest absolute Gasteiger partial charge is 0.371 e. The van der Waals surface area contributed by atoms with Crippen molar-refractivity contribution in [3.63, 3.8) is 0 Å². The molecule has 1 fully saturated rings. The summed E-state index contributed by atoms with van der Waals surface area (Å²) in [5.41, 5.74) is 0. The Kier molecular flexibility index (Phi) is 3.70. The molecule has 1 aromatic rings. The molecule has 1 saturated heterocycles. The fourth-order valence-electron chi connectivity index (χ4n) is 1.76. The van der Waals surface area contributed by atoms with Gasteiger partial charge in [0.15, 0.2) is 5.82 Å². The minimum atomic E-state index is -0.415. The molecule has 0 amide bonds. The van der Waals surface area contributed by atoms with Gasteiger partial charge in [0, 0.05) is 18.4 Å². The van der Waals surface area contributed by atoms with Crippen molar-refractivity contribution < 1.29 is 9.13 Å². The number of hydrogen-bond donors (Lipinski definition) is 0. The Labute approximate surface area is 102 Å². The normalized spacial score (nSPS) is 25.8. The molecule has 0 radical (unpaired) electrons. The van der Waals surface area contributed by atoms with Gasteiger partial charge in [0.2, 0.25) is 5.95 Å². The maximum atomic E-state index is 12.7. The van der Waals surface area contributed by atoms with E-state index in [0.717, 1.165) is 18.4 Å². The summed E-state index contributed by atoms with van der Waals surface area (Å²) < 4.78 is 18.4. The summed E-state index contributed by atoms with van der Waals surface area (Å²) in [7, 11) is 0. The lowest BCUT2D eigenvalue weighted by molar-refractivity contribution is -0.00250. The van der Waals surface area contributed by atoms with Gasteiger partial charge >= 0.3 is 0 Å². The third-order valence-electron chi connectivity index (χ3n) is 2.39. The predicted octanol–water partition coefficient (Wildman–Crippen LogP) is 1.60. The minimum Gasteiger partial charge on any atom is -0.371 e. The molecular weight excluding hydrogens is 277 g/mol. The topological polar surface area (TPSA) is 38.2 Å². The Morgan fingerprint density at radius 2 is 2.19 bits per heavy atom. The molecule has 4 nitrogen and oxygen atoms in total. The lowest BCUT2D eigenvalue weighted by atomic mass is 10.2. The van der Waals surface area contributed by atoms with Crippen molar-refractivity contribution in [2.75, 3.05) is 23.3 Å². The second-order valence-corrected chi connectivity index (χ2v) is 4.48. The van der Waals surface area contributed by atoms with E-state index in [1.807, 2.05) is 11.8 Å². The third kappa shape index (κ3) is 2.68. The first-order valence-electron chi connectivity index (χ1n) is 5.13. The molecule has 6 heteroatoms. The van der Waals surface area contributed by atoms with Gasteiger partial charge < -0.3 is 9.64 Å². The predicted molar refractivity (Wildman–Crippen MR) is 62.3 cm³/mol. The van der Waals surface area contributed by atoms with Gasteiger partial charge in [0.05, 0.1) is 24.6 Å². The fraction of sp³-hybridized carbons (Fsp3) is 0.600. The van der Waals surface area contributed by atoms with Gasteiger partial charge in [0.1, 0.15) is 0 Å². The van der Waals surface area contributed by atoms with E-state index in [1.165, 1.54) is 12.4 Å². The second-order valence-electron chi connectivity index (χ2n) is 3.83. The van der Waals surface area contributed by atoms with Crippen LogP contribution in [0.3, 0.4) is 0 Å². The molecule has 2 rings (SSSR count). The van der Waals surface area contributed by atoms with Crippen LogP contribution in [0.1, 0.15) is 6.92 Å². The zero-order valence-corrected chi connectivity index (χ0v) is 10.5. The van der Waals surface area contributed by atoms with Gasteiger partial charge in [-0.1, -0.05) is 15.9 Å². The first-order chi connectivity index (χ1) is 7.69. The quantitative estimate of drug-likeness (QED) is 0.776. The zero-order chi connectivity index (χ0) is 11.5. The van der Waals surface area contributed by atoms with Crippen molar-refractivity contribution in [1.29, 1.82) is 0 Å². The van der Waals surface area contributed by atoms with Crippen LogP contribution in [0.15, 0.2) is 12.4 Å². The van der Waals surface area contributed by atoms with Crippen molar-refractivity contribution in [3.8, 4) is 0 Å². The van der Waals surface area contributed by atoms with Crippen molar-refractivity contribution in [2.45, 2.75) is 19.1 Å². The molecule has 0 aromatic carbocycles. The SMILES string of the molecule is CC1CN(c2ncc(F)cn2)CC(CBr)O1. The number of aromatic nitrogens is 2. The van der Waals surface area contributed by atoms with E-state index < -0.39 is 5.82 Å². The average Bonchev–Trinajstić information content (AvgIpc) is 2.29. The highest BCUT2D eigenvalue weighted by molar-refractivity contribution is 9.09. The average molecular weight is 290 g/mol. The van der Waals surface area contributed by atoms with Crippen LogP contribution in [-0.2, 0) is 4.74 Å². The number of anilines is 1. The van der Waals surface area contributed by atoms with Gasteiger partial charge in [-0.25, -0.2) is 14.4 Å². The number of hydrogen-bond acceptors (Lipinski definition) is 4. The summed E-state index contributed by atoms with van der Waals surface area (Å²) in [5, 5.41) is 0.773. The molecule has 0 bridgehead atoms. The Balaban J connectivity index is 2.11. The summed E-state index contributed by atoms with van der Waals surface area (Å²) in [6.45, 7) is 3.46. The van der Waals surface area contributed by atoms with Crippen molar-refractivity contribution in [1.82, 2.24) is 9.97 Å². The first kappa shape index (κ1) is 11.7. The van der Waals surface area contributed by atoms with Gasteiger partial charge in [-0.2, -0.15) is 0 Å². The number of rotatable bonds is 2. The van der Waals surface area contributed by atoms with Crippen LogP contribution in [0, 0.1) is 5.82 Å². The molecule has 1 aromatic heterocycles. The molecule has 1 aliphatic rings. The van der Waals surface area contributed by atoms with Crippen LogP contribution in [-0.4, -0.2) is 40.6 Å². The van der Waals surface area contributed by atoms with E-state index in [0.29, 0.717) is 5.95 Å². The number of morpholine rings is 1. The highest BCUT2D eigenvalue weighted by Crippen LogP contribution is 2.17. The van der Waals surface area contributed by atoms with E-state index in [2.05, 4.69) is 25.9 Å². The number of ether oxygens (including phenoxy) is 1.